The summed E-state index contributed by atoms with van der Waals surface area (Å²) < 4.78 is 1.22. The summed E-state index contributed by atoms with van der Waals surface area (Å²) >= 11 is 0. The molecule has 136 valence electrons. The Bertz CT molecular complexity index is 794. The van der Waals surface area contributed by atoms with Gasteiger partial charge < -0.3 is 10.4 Å². The average molecular weight is 345 g/mol. The predicted molar refractivity (Wildman–Crippen MR) is 98.5 cm³/mol. The van der Waals surface area contributed by atoms with E-state index in [0.717, 1.165) is 23.9 Å². The van der Waals surface area contributed by atoms with Gasteiger partial charge in [-0.15, -0.1) is 0 Å². The van der Waals surface area contributed by atoms with Gasteiger partial charge in [0.25, 0.3) is 5.56 Å². The van der Waals surface area contributed by atoms with Gasteiger partial charge in [-0.2, -0.15) is 5.10 Å². The van der Waals surface area contributed by atoms with Crippen molar-refractivity contribution in [2.75, 3.05) is 13.2 Å². The van der Waals surface area contributed by atoms with Gasteiger partial charge in [-0.3, -0.25) is 9.59 Å². The molecule has 0 aliphatic rings. The lowest BCUT2D eigenvalue weighted by atomic mass is 9.79. The van der Waals surface area contributed by atoms with Gasteiger partial charge in [0.05, 0.1) is 11.1 Å². The molecular weight excluding hydrogens is 318 g/mol. The molecule has 0 atom stereocenters. The van der Waals surface area contributed by atoms with Gasteiger partial charge in [-0.1, -0.05) is 32.0 Å². The Morgan fingerprint density at radius 1 is 1.24 bits per heavy atom. The summed E-state index contributed by atoms with van der Waals surface area (Å²) in [6, 6.07) is 7.28. The summed E-state index contributed by atoms with van der Waals surface area (Å²) in [6.07, 6.45) is 2.39. The number of aliphatic hydroxyl groups is 1. The molecule has 0 saturated carbocycles. The summed E-state index contributed by atoms with van der Waals surface area (Å²) in [4.78, 5) is 24.8. The SMILES string of the molecule is CCC(CC)(CCO)CNC(=O)Cn1nc(C)c2ccccc2c1=O. The highest BCUT2D eigenvalue weighted by Crippen LogP contribution is 2.29. The van der Waals surface area contributed by atoms with Crippen LogP contribution in [-0.2, 0) is 11.3 Å². The van der Waals surface area contributed by atoms with Crippen LogP contribution in [0.25, 0.3) is 10.8 Å². The highest BCUT2D eigenvalue weighted by Gasteiger charge is 2.26. The number of aliphatic hydroxyl groups excluding tert-OH is 1. The minimum atomic E-state index is -0.260. The number of amides is 1. The van der Waals surface area contributed by atoms with Crippen LogP contribution < -0.4 is 10.9 Å². The van der Waals surface area contributed by atoms with Crippen LogP contribution in [0.2, 0.25) is 0 Å². The van der Waals surface area contributed by atoms with Crippen molar-refractivity contribution in [2.45, 2.75) is 46.6 Å². The molecule has 0 saturated heterocycles. The minimum Gasteiger partial charge on any atom is -0.396 e. The molecule has 1 aromatic carbocycles. The molecule has 1 aromatic heterocycles. The number of hydrogen-bond donors (Lipinski definition) is 2. The van der Waals surface area contributed by atoms with Crippen LogP contribution in [0.15, 0.2) is 29.1 Å². The lowest BCUT2D eigenvalue weighted by Gasteiger charge is -2.31. The molecule has 0 radical (unpaired) electrons. The third kappa shape index (κ3) is 4.25. The van der Waals surface area contributed by atoms with Crippen molar-refractivity contribution >= 4 is 16.7 Å². The van der Waals surface area contributed by atoms with Crippen LogP contribution in [0, 0.1) is 12.3 Å². The molecule has 0 unspecified atom stereocenters. The monoisotopic (exact) mass is 345 g/mol. The number of nitrogens with zero attached hydrogens (tertiary/aromatic N) is 2. The first kappa shape index (κ1) is 19.1. The first-order valence-electron chi connectivity index (χ1n) is 8.80. The highest BCUT2D eigenvalue weighted by atomic mass is 16.3. The second-order valence-corrected chi connectivity index (χ2v) is 6.55. The van der Waals surface area contributed by atoms with E-state index in [1.54, 1.807) is 12.1 Å². The normalized spacial score (nSPS) is 11.7. The number of nitrogens with one attached hydrogen (secondary N) is 1. The van der Waals surface area contributed by atoms with Crippen LogP contribution in [-0.4, -0.2) is 33.9 Å². The van der Waals surface area contributed by atoms with Gasteiger partial charge in [-0.05, 0) is 37.7 Å². The molecule has 1 heterocycles. The predicted octanol–water partition coefficient (Wildman–Crippen LogP) is 2.01. The molecule has 0 aliphatic heterocycles. The number of carbonyl (C=O) groups excluding carboxylic acids is 1. The molecule has 2 aromatic rings. The lowest BCUT2D eigenvalue weighted by Crippen LogP contribution is -2.40. The lowest BCUT2D eigenvalue weighted by molar-refractivity contribution is -0.122. The number of carbonyl (C=O) groups is 1. The zero-order valence-corrected chi connectivity index (χ0v) is 15.2. The van der Waals surface area contributed by atoms with Crippen molar-refractivity contribution in [1.29, 1.82) is 0 Å². The Labute approximate surface area is 147 Å². The third-order valence-electron chi connectivity index (χ3n) is 5.15. The first-order valence-corrected chi connectivity index (χ1v) is 8.80. The molecule has 6 nitrogen and oxygen atoms in total. The van der Waals surface area contributed by atoms with Gasteiger partial charge in [-0.25, -0.2) is 4.68 Å². The fourth-order valence-corrected chi connectivity index (χ4v) is 3.17. The van der Waals surface area contributed by atoms with E-state index in [-0.39, 0.29) is 30.0 Å². The average Bonchev–Trinajstić information content (AvgIpc) is 2.63. The van der Waals surface area contributed by atoms with Gasteiger partial charge in [0.1, 0.15) is 6.54 Å². The zero-order chi connectivity index (χ0) is 18.4. The number of benzene rings is 1. The molecular formula is C19H27N3O3. The summed E-state index contributed by atoms with van der Waals surface area (Å²) in [5.41, 5.74) is 0.353. The molecule has 2 rings (SSSR count). The van der Waals surface area contributed by atoms with Crippen LogP contribution in [0.4, 0.5) is 0 Å². The van der Waals surface area contributed by atoms with E-state index in [0.29, 0.717) is 18.4 Å². The third-order valence-corrected chi connectivity index (χ3v) is 5.15. The number of hydrogen-bond acceptors (Lipinski definition) is 4. The van der Waals surface area contributed by atoms with Crippen LogP contribution >= 0.6 is 0 Å². The first-order chi connectivity index (χ1) is 12.0. The Hall–Kier alpha value is -2.21. The fraction of sp³-hybridized carbons (Fsp3) is 0.526. The molecule has 2 N–H and O–H groups in total. The molecule has 0 spiro atoms. The van der Waals surface area contributed by atoms with E-state index in [9.17, 15) is 14.7 Å². The second-order valence-electron chi connectivity index (χ2n) is 6.55. The van der Waals surface area contributed by atoms with E-state index >= 15 is 0 Å². The van der Waals surface area contributed by atoms with E-state index < -0.39 is 0 Å². The number of rotatable bonds is 8. The van der Waals surface area contributed by atoms with Gasteiger partial charge in [0.15, 0.2) is 0 Å². The Morgan fingerprint density at radius 2 is 1.88 bits per heavy atom. The largest absolute Gasteiger partial charge is 0.396 e. The van der Waals surface area contributed by atoms with Crippen molar-refractivity contribution in [3.63, 3.8) is 0 Å². The molecule has 0 fully saturated rings. The Morgan fingerprint density at radius 3 is 2.48 bits per heavy atom. The number of aromatic nitrogens is 2. The molecule has 0 aliphatic carbocycles. The quantitative estimate of drug-likeness (QED) is 0.766. The van der Waals surface area contributed by atoms with E-state index in [1.165, 1.54) is 4.68 Å². The molecule has 1 amide bonds. The van der Waals surface area contributed by atoms with Crippen molar-refractivity contribution in [1.82, 2.24) is 15.1 Å². The van der Waals surface area contributed by atoms with Crippen molar-refractivity contribution in [3.8, 4) is 0 Å². The van der Waals surface area contributed by atoms with E-state index in [1.807, 2.05) is 19.1 Å². The minimum absolute atomic E-state index is 0.0996. The fourth-order valence-electron chi connectivity index (χ4n) is 3.17. The van der Waals surface area contributed by atoms with Gasteiger partial charge in [0.2, 0.25) is 5.91 Å². The maximum Gasteiger partial charge on any atom is 0.275 e. The zero-order valence-electron chi connectivity index (χ0n) is 15.2. The Balaban J connectivity index is 2.14. The number of fused-ring (bicyclic) bond motifs is 1. The smallest absolute Gasteiger partial charge is 0.275 e. The van der Waals surface area contributed by atoms with E-state index in [4.69, 9.17) is 0 Å². The molecule has 6 heteroatoms. The summed E-state index contributed by atoms with van der Waals surface area (Å²) in [5.74, 6) is -0.242. The van der Waals surface area contributed by atoms with Crippen LogP contribution in [0.3, 0.4) is 0 Å². The number of aryl methyl sites for hydroxylation is 1. The molecule has 25 heavy (non-hydrogen) atoms. The van der Waals surface area contributed by atoms with Crippen molar-refractivity contribution < 1.29 is 9.90 Å². The van der Waals surface area contributed by atoms with Crippen LogP contribution in [0.1, 0.15) is 38.8 Å². The molecule has 0 bridgehead atoms. The summed E-state index contributed by atoms with van der Waals surface area (Å²) in [7, 11) is 0. The second kappa shape index (κ2) is 8.25. The van der Waals surface area contributed by atoms with Crippen molar-refractivity contribution in [3.05, 3.63) is 40.3 Å². The summed E-state index contributed by atoms with van der Waals surface area (Å²) in [6.45, 7) is 6.43. The van der Waals surface area contributed by atoms with Crippen molar-refractivity contribution in [2.24, 2.45) is 5.41 Å². The van der Waals surface area contributed by atoms with E-state index in [2.05, 4.69) is 24.3 Å². The van der Waals surface area contributed by atoms with Crippen LogP contribution in [0.5, 0.6) is 0 Å². The van der Waals surface area contributed by atoms with Gasteiger partial charge >= 0.3 is 0 Å². The maximum absolute atomic E-state index is 12.5. The standard InChI is InChI=1S/C19H27N3O3/c1-4-19(5-2,10-11-23)13-20-17(24)12-22-18(25)16-9-7-6-8-15(16)14(3)21-22/h6-9,23H,4-5,10-13H2,1-3H3,(H,20,24). The summed E-state index contributed by atoms with van der Waals surface area (Å²) in [5, 5.41) is 17.8. The maximum atomic E-state index is 12.5. The van der Waals surface area contributed by atoms with Gasteiger partial charge in [0, 0.05) is 18.5 Å². The topological polar surface area (TPSA) is 84.2 Å². The Kier molecular flexibility index (Phi) is 6.31. The highest BCUT2D eigenvalue weighted by molar-refractivity contribution is 5.83.